The lowest BCUT2D eigenvalue weighted by atomic mass is 9.70. The Morgan fingerprint density at radius 3 is 2.58 bits per heavy atom. The number of unbranched alkanes of at least 4 members (excludes halogenated alkanes) is 1. The highest BCUT2D eigenvalue weighted by Gasteiger charge is 2.30. The molecule has 2 nitrogen and oxygen atoms in total. The molecule has 0 heterocycles. The molecule has 0 amide bonds. The van der Waals surface area contributed by atoms with Crippen LogP contribution < -0.4 is 11.1 Å². The Morgan fingerprint density at radius 1 is 1.33 bits per heavy atom. The predicted molar refractivity (Wildman–Crippen MR) is 53.1 cm³/mol. The van der Waals surface area contributed by atoms with E-state index in [0.717, 1.165) is 19.5 Å². The van der Waals surface area contributed by atoms with Crippen LogP contribution in [0.4, 0.5) is 0 Å². The fourth-order valence-electron chi connectivity index (χ4n) is 1.74. The summed E-state index contributed by atoms with van der Waals surface area (Å²) in [6, 6.07) is 0. The molecule has 0 radical (unpaired) electrons. The fourth-order valence-corrected chi connectivity index (χ4v) is 1.74. The SMILES string of the molecule is CC1(CNCCCCN)CCC1. The summed E-state index contributed by atoms with van der Waals surface area (Å²) in [4.78, 5) is 0. The molecule has 0 atom stereocenters. The Morgan fingerprint density at radius 2 is 2.08 bits per heavy atom. The molecular formula is C10H22N2. The highest BCUT2D eigenvalue weighted by atomic mass is 14.9. The maximum absolute atomic E-state index is 5.41. The quantitative estimate of drug-likeness (QED) is 0.593. The van der Waals surface area contributed by atoms with Crippen LogP contribution in [0, 0.1) is 5.41 Å². The van der Waals surface area contributed by atoms with Crippen LogP contribution in [-0.2, 0) is 0 Å². The molecule has 1 rings (SSSR count). The summed E-state index contributed by atoms with van der Waals surface area (Å²) in [5.74, 6) is 0. The van der Waals surface area contributed by atoms with Gasteiger partial charge in [0, 0.05) is 6.54 Å². The number of rotatable bonds is 6. The largest absolute Gasteiger partial charge is 0.330 e. The van der Waals surface area contributed by atoms with Crippen molar-refractivity contribution in [3.05, 3.63) is 0 Å². The van der Waals surface area contributed by atoms with Crippen molar-refractivity contribution >= 4 is 0 Å². The molecule has 0 bridgehead atoms. The Bertz CT molecular complexity index is 119. The number of nitrogens with one attached hydrogen (secondary N) is 1. The highest BCUT2D eigenvalue weighted by Crippen LogP contribution is 2.39. The lowest BCUT2D eigenvalue weighted by Gasteiger charge is -2.38. The molecule has 0 aromatic carbocycles. The average Bonchev–Trinajstić information content (AvgIpc) is 2.01. The van der Waals surface area contributed by atoms with Crippen molar-refractivity contribution in [2.45, 2.75) is 39.0 Å². The van der Waals surface area contributed by atoms with E-state index in [2.05, 4.69) is 12.2 Å². The summed E-state index contributed by atoms with van der Waals surface area (Å²) < 4.78 is 0. The van der Waals surface area contributed by atoms with Gasteiger partial charge in [-0.15, -0.1) is 0 Å². The summed E-state index contributed by atoms with van der Waals surface area (Å²) in [5, 5.41) is 3.51. The first-order valence-corrected chi connectivity index (χ1v) is 5.18. The van der Waals surface area contributed by atoms with Crippen LogP contribution in [0.25, 0.3) is 0 Å². The van der Waals surface area contributed by atoms with Gasteiger partial charge in [-0.3, -0.25) is 0 Å². The van der Waals surface area contributed by atoms with Crippen LogP contribution in [0.1, 0.15) is 39.0 Å². The summed E-state index contributed by atoms with van der Waals surface area (Å²) in [6.07, 6.45) is 6.64. The summed E-state index contributed by atoms with van der Waals surface area (Å²) in [7, 11) is 0. The number of hydrogen-bond donors (Lipinski definition) is 2. The molecule has 0 spiro atoms. The van der Waals surface area contributed by atoms with E-state index in [0.29, 0.717) is 5.41 Å². The molecule has 0 aliphatic heterocycles. The molecule has 72 valence electrons. The maximum Gasteiger partial charge on any atom is 0.000516 e. The molecule has 1 aliphatic rings. The first-order chi connectivity index (χ1) is 5.77. The summed E-state index contributed by atoms with van der Waals surface area (Å²) >= 11 is 0. The number of hydrogen-bond acceptors (Lipinski definition) is 2. The maximum atomic E-state index is 5.41. The lowest BCUT2D eigenvalue weighted by molar-refractivity contribution is 0.157. The van der Waals surface area contributed by atoms with Crippen molar-refractivity contribution < 1.29 is 0 Å². The van der Waals surface area contributed by atoms with Crippen LogP contribution in [-0.4, -0.2) is 19.6 Å². The van der Waals surface area contributed by atoms with Gasteiger partial charge in [0.2, 0.25) is 0 Å². The van der Waals surface area contributed by atoms with E-state index >= 15 is 0 Å². The zero-order valence-electron chi connectivity index (χ0n) is 8.23. The second-order valence-electron chi connectivity index (χ2n) is 4.34. The minimum atomic E-state index is 0.628. The van der Waals surface area contributed by atoms with Crippen molar-refractivity contribution in [1.82, 2.24) is 5.32 Å². The van der Waals surface area contributed by atoms with Crippen LogP contribution in [0.5, 0.6) is 0 Å². The fraction of sp³-hybridized carbons (Fsp3) is 1.00. The highest BCUT2D eigenvalue weighted by molar-refractivity contribution is 4.84. The van der Waals surface area contributed by atoms with E-state index in [4.69, 9.17) is 5.73 Å². The molecule has 1 fully saturated rings. The van der Waals surface area contributed by atoms with E-state index in [1.54, 1.807) is 0 Å². The normalized spacial score (nSPS) is 20.5. The first-order valence-electron chi connectivity index (χ1n) is 5.18. The van der Waals surface area contributed by atoms with Gasteiger partial charge in [-0.2, -0.15) is 0 Å². The first kappa shape index (κ1) is 10.0. The van der Waals surface area contributed by atoms with Gasteiger partial charge in [0.1, 0.15) is 0 Å². The van der Waals surface area contributed by atoms with Gasteiger partial charge in [-0.25, -0.2) is 0 Å². The van der Waals surface area contributed by atoms with Gasteiger partial charge < -0.3 is 11.1 Å². The van der Waals surface area contributed by atoms with Crippen molar-refractivity contribution in [3.8, 4) is 0 Å². The monoisotopic (exact) mass is 170 g/mol. The van der Waals surface area contributed by atoms with Crippen molar-refractivity contribution in [2.75, 3.05) is 19.6 Å². The smallest absolute Gasteiger partial charge is 0.000516 e. The van der Waals surface area contributed by atoms with E-state index in [1.165, 1.54) is 32.2 Å². The Kier molecular flexibility index (Phi) is 4.02. The molecule has 0 unspecified atom stereocenters. The predicted octanol–water partition coefficient (Wildman–Crippen LogP) is 1.51. The molecule has 1 aliphatic carbocycles. The summed E-state index contributed by atoms with van der Waals surface area (Å²) in [6.45, 7) is 5.57. The van der Waals surface area contributed by atoms with Crippen molar-refractivity contribution in [2.24, 2.45) is 11.1 Å². The van der Waals surface area contributed by atoms with Gasteiger partial charge in [-0.1, -0.05) is 13.3 Å². The van der Waals surface area contributed by atoms with Crippen LogP contribution in [0.15, 0.2) is 0 Å². The van der Waals surface area contributed by atoms with Gasteiger partial charge in [0.25, 0.3) is 0 Å². The van der Waals surface area contributed by atoms with Crippen LogP contribution >= 0.6 is 0 Å². The topological polar surface area (TPSA) is 38.0 Å². The van der Waals surface area contributed by atoms with E-state index < -0.39 is 0 Å². The third-order valence-corrected chi connectivity index (χ3v) is 2.92. The van der Waals surface area contributed by atoms with Crippen molar-refractivity contribution in [3.63, 3.8) is 0 Å². The summed E-state index contributed by atoms with van der Waals surface area (Å²) in [5.41, 5.74) is 6.03. The average molecular weight is 170 g/mol. The van der Waals surface area contributed by atoms with Gasteiger partial charge in [0.15, 0.2) is 0 Å². The second kappa shape index (κ2) is 4.83. The van der Waals surface area contributed by atoms with Crippen molar-refractivity contribution in [1.29, 1.82) is 0 Å². The van der Waals surface area contributed by atoms with Crippen LogP contribution in [0.2, 0.25) is 0 Å². The Balaban J connectivity index is 1.88. The zero-order chi connectivity index (χ0) is 8.86. The standard InChI is InChI=1S/C10H22N2/c1-10(5-4-6-10)9-12-8-3-2-7-11/h12H,2-9,11H2,1H3. The van der Waals surface area contributed by atoms with Gasteiger partial charge >= 0.3 is 0 Å². The molecule has 0 aromatic heterocycles. The third kappa shape index (κ3) is 3.11. The van der Waals surface area contributed by atoms with E-state index in [1.807, 2.05) is 0 Å². The van der Waals surface area contributed by atoms with Gasteiger partial charge in [0.05, 0.1) is 0 Å². The number of nitrogens with two attached hydrogens (primary N) is 1. The minimum Gasteiger partial charge on any atom is -0.330 e. The molecule has 1 saturated carbocycles. The lowest BCUT2D eigenvalue weighted by Crippen LogP contribution is -2.37. The molecular weight excluding hydrogens is 148 g/mol. The van der Waals surface area contributed by atoms with E-state index in [9.17, 15) is 0 Å². The third-order valence-electron chi connectivity index (χ3n) is 2.92. The molecule has 3 N–H and O–H groups in total. The van der Waals surface area contributed by atoms with Crippen LogP contribution in [0.3, 0.4) is 0 Å². The van der Waals surface area contributed by atoms with Gasteiger partial charge in [-0.05, 0) is 44.2 Å². The van der Waals surface area contributed by atoms with E-state index in [-0.39, 0.29) is 0 Å². The minimum absolute atomic E-state index is 0.628. The Labute approximate surface area is 75.9 Å². The molecule has 0 saturated heterocycles. The molecule has 0 aromatic rings. The zero-order valence-corrected chi connectivity index (χ0v) is 8.23. The molecule has 12 heavy (non-hydrogen) atoms. The Hall–Kier alpha value is -0.0800. The molecule has 2 heteroatoms. The second-order valence-corrected chi connectivity index (χ2v) is 4.34.